The van der Waals surface area contributed by atoms with Gasteiger partial charge in [0.2, 0.25) is 0 Å². The summed E-state index contributed by atoms with van der Waals surface area (Å²) in [6.07, 6.45) is 1.70. The molecule has 0 unspecified atom stereocenters. The predicted octanol–water partition coefficient (Wildman–Crippen LogP) is 5.89. The van der Waals surface area contributed by atoms with Crippen LogP contribution in [0.1, 0.15) is 27.0 Å². The predicted molar refractivity (Wildman–Crippen MR) is 145 cm³/mol. The normalized spacial score (nSPS) is 14.4. The maximum atomic E-state index is 12.9. The van der Waals surface area contributed by atoms with Gasteiger partial charge in [-0.3, -0.25) is 15.0 Å². The average Bonchev–Trinajstić information content (AvgIpc) is 3.11. The fourth-order valence-electron chi connectivity index (χ4n) is 3.27. The first-order valence-electron chi connectivity index (χ1n) is 10.6. The molecule has 0 radical (unpaired) electrons. The lowest BCUT2D eigenvalue weighted by Crippen LogP contribution is -2.44. The van der Waals surface area contributed by atoms with Crippen molar-refractivity contribution in [3.8, 4) is 11.5 Å². The summed E-state index contributed by atoms with van der Waals surface area (Å²) in [5, 5.41) is 1.09. The molecule has 0 atom stereocenters. The molecule has 0 saturated carbocycles. The lowest BCUT2D eigenvalue weighted by Gasteiger charge is -2.15. The van der Waals surface area contributed by atoms with Crippen molar-refractivity contribution in [1.29, 1.82) is 0 Å². The molecule has 2 amide bonds. The van der Waals surface area contributed by atoms with Gasteiger partial charge in [0, 0.05) is 5.56 Å². The molecule has 1 aliphatic rings. The lowest BCUT2D eigenvalue weighted by atomic mass is 10.1. The van der Waals surface area contributed by atoms with Gasteiger partial charge < -0.3 is 9.47 Å². The summed E-state index contributed by atoms with van der Waals surface area (Å²) in [5.74, 6) is 0.264. The number of hydrogen-bond acceptors (Lipinski definition) is 6. The Balaban J connectivity index is 1.51. The van der Waals surface area contributed by atoms with Gasteiger partial charge in [0.25, 0.3) is 11.8 Å². The molecule has 0 aromatic heterocycles. The number of hydrogen-bond donors (Lipinski definition) is 1. The molecule has 35 heavy (non-hydrogen) atoms. The lowest BCUT2D eigenvalue weighted by molar-refractivity contribution is -0.123. The number of carbonyl (C=O) groups is 2. The first-order valence-corrected chi connectivity index (χ1v) is 12.6. The van der Waals surface area contributed by atoms with E-state index >= 15 is 0 Å². The average molecular weight is 570 g/mol. The molecule has 1 N–H and O–H groups in total. The Morgan fingerprint density at radius 3 is 2.54 bits per heavy atom. The van der Waals surface area contributed by atoms with E-state index in [0.29, 0.717) is 38.6 Å². The Morgan fingerprint density at radius 1 is 1.14 bits per heavy atom. The van der Waals surface area contributed by atoms with E-state index < -0.39 is 11.8 Å². The highest BCUT2D eigenvalue weighted by molar-refractivity contribution is 9.10. The highest BCUT2D eigenvalue weighted by Gasteiger charge is 2.34. The molecule has 178 valence electrons. The number of thiocarbonyl (C=S) groups is 1. The highest BCUT2D eigenvalue weighted by Crippen LogP contribution is 2.39. The number of carbonyl (C=O) groups excluding carboxylic acids is 2. The molecule has 3 aromatic carbocycles. The minimum absolute atomic E-state index is 0.245. The summed E-state index contributed by atoms with van der Waals surface area (Å²) < 4.78 is 12.5. The number of nitrogens with zero attached hydrogens (tertiary/aromatic N) is 1. The van der Waals surface area contributed by atoms with Crippen LogP contribution in [0.3, 0.4) is 0 Å². The number of methoxy groups -OCH3 is 1. The maximum Gasteiger partial charge on any atom is 0.285 e. The summed E-state index contributed by atoms with van der Waals surface area (Å²) in [7, 11) is 1.56. The quantitative estimate of drug-likeness (QED) is 0.283. The zero-order chi connectivity index (χ0) is 24.9. The Kier molecular flexibility index (Phi) is 7.90. The molecule has 0 spiro atoms. The van der Waals surface area contributed by atoms with Crippen molar-refractivity contribution < 1.29 is 19.1 Å². The molecule has 0 bridgehead atoms. The molecule has 4 rings (SSSR count). The molecule has 1 saturated heterocycles. The van der Waals surface area contributed by atoms with Gasteiger partial charge in [0.15, 0.2) is 15.8 Å². The Hall–Kier alpha value is -3.14. The maximum absolute atomic E-state index is 12.9. The third-order valence-electron chi connectivity index (χ3n) is 5.10. The summed E-state index contributed by atoms with van der Waals surface area (Å²) in [6.45, 7) is 2.42. The smallest absolute Gasteiger partial charge is 0.285 e. The Bertz CT molecular complexity index is 1310. The van der Waals surface area contributed by atoms with Crippen molar-refractivity contribution in [1.82, 2.24) is 10.4 Å². The summed E-state index contributed by atoms with van der Waals surface area (Å²) in [5.41, 5.74) is 5.94. The third kappa shape index (κ3) is 5.93. The Labute approximate surface area is 221 Å². The monoisotopic (exact) mass is 568 g/mol. The second-order valence-corrected chi connectivity index (χ2v) is 10.2. The SMILES string of the molecule is COc1cc(/C=C2\SC(=S)N(NC(=O)c3ccccc3)C2=O)cc(Br)c1OCc1ccc(C)cc1. The molecular formula is C26H21BrN2O4S2. The van der Waals surface area contributed by atoms with Gasteiger partial charge in [0.1, 0.15) is 6.61 Å². The standard InChI is InChI=1S/C26H21BrN2O4S2/c1-16-8-10-17(11-9-16)15-33-23-20(27)12-18(13-21(23)32-2)14-22-25(31)29(26(34)35-22)28-24(30)19-6-4-3-5-7-19/h3-14H,15H2,1-2H3,(H,28,30)/b22-14-. The van der Waals surface area contributed by atoms with E-state index in [1.54, 1.807) is 43.5 Å². The molecule has 1 heterocycles. The van der Waals surface area contributed by atoms with E-state index in [2.05, 4.69) is 21.4 Å². The van der Waals surface area contributed by atoms with Crippen molar-refractivity contribution in [2.24, 2.45) is 0 Å². The first-order chi connectivity index (χ1) is 16.9. The number of hydrazine groups is 1. The first kappa shape index (κ1) is 25.0. The number of nitrogens with one attached hydrogen (secondary N) is 1. The van der Waals surface area contributed by atoms with Gasteiger partial charge in [-0.15, -0.1) is 0 Å². The van der Waals surface area contributed by atoms with Crippen LogP contribution in [-0.2, 0) is 11.4 Å². The highest BCUT2D eigenvalue weighted by atomic mass is 79.9. The summed E-state index contributed by atoms with van der Waals surface area (Å²) >= 11 is 9.99. The van der Waals surface area contributed by atoms with Crippen LogP contribution in [0.2, 0.25) is 0 Å². The second-order valence-electron chi connectivity index (χ2n) is 7.63. The van der Waals surface area contributed by atoms with Crippen LogP contribution in [-0.4, -0.2) is 28.3 Å². The molecule has 1 aliphatic heterocycles. The molecular weight excluding hydrogens is 548 g/mol. The fraction of sp³-hybridized carbons (Fsp3) is 0.115. The zero-order valence-corrected chi connectivity index (χ0v) is 22.1. The van der Waals surface area contributed by atoms with Gasteiger partial charge in [-0.2, -0.15) is 5.01 Å². The molecule has 3 aromatic rings. The number of amides is 2. The molecule has 6 nitrogen and oxygen atoms in total. The van der Waals surface area contributed by atoms with E-state index in [4.69, 9.17) is 21.7 Å². The Morgan fingerprint density at radius 2 is 1.86 bits per heavy atom. The van der Waals surface area contributed by atoms with Crippen LogP contribution >= 0.6 is 39.9 Å². The minimum Gasteiger partial charge on any atom is -0.493 e. The van der Waals surface area contributed by atoms with E-state index in [0.717, 1.165) is 22.3 Å². The van der Waals surface area contributed by atoms with Crippen molar-refractivity contribution in [3.63, 3.8) is 0 Å². The van der Waals surface area contributed by atoms with Gasteiger partial charge in [-0.25, -0.2) is 0 Å². The zero-order valence-electron chi connectivity index (χ0n) is 18.9. The van der Waals surface area contributed by atoms with Crippen LogP contribution in [0, 0.1) is 6.92 Å². The van der Waals surface area contributed by atoms with Crippen molar-refractivity contribution >= 4 is 62.1 Å². The number of aryl methyl sites for hydroxylation is 1. The van der Waals surface area contributed by atoms with E-state index in [-0.39, 0.29) is 4.32 Å². The molecule has 9 heteroatoms. The largest absolute Gasteiger partial charge is 0.493 e. The van der Waals surface area contributed by atoms with Gasteiger partial charge in [-0.05, 0) is 76.5 Å². The number of rotatable bonds is 7. The van der Waals surface area contributed by atoms with Crippen molar-refractivity contribution in [2.75, 3.05) is 7.11 Å². The number of benzene rings is 3. The second kappa shape index (κ2) is 11.1. The minimum atomic E-state index is -0.414. The van der Waals surface area contributed by atoms with Crippen LogP contribution < -0.4 is 14.9 Å². The molecule has 1 fully saturated rings. The third-order valence-corrected chi connectivity index (χ3v) is 6.99. The van der Waals surface area contributed by atoms with Crippen LogP contribution in [0.25, 0.3) is 6.08 Å². The van der Waals surface area contributed by atoms with Crippen LogP contribution in [0.15, 0.2) is 76.1 Å². The van der Waals surface area contributed by atoms with E-state index in [9.17, 15) is 9.59 Å². The number of halogens is 1. The van der Waals surface area contributed by atoms with Crippen molar-refractivity contribution in [2.45, 2.75) is 13.5 Å². The van der Waals surface area contributed by atoms with Gasteiger partial charge in [0.05, 0.1) is 16.5 Å². The van der Waals surface area contributed by atoms with Crippen LogP contribution in [0.4, 0.5) is 0 Å². The van der Waals surface area contributed by atoms with Crippen LogP contribution in [0.5, 0.6) is 11.5 Å². The summed E-state index contributed by atoms with van der Waals surface area (Å²) in [4.78, 5) is 25.8. The fourth-order valence-corrected chi connectivity index (χ4v) is 5.03. The number of ether oxygens (including phenoxy) is 2. The summed E-state index contributed by atoms with van der Waals surface area (Å²) in [6, 6.07) is 20.3. The van der Waals surface area contributed by atoms with Crippen molar-refractivity contribution in [3.05, 3.63) is 98.4 Å². The van der Waals surface area contributed by atoms with Gasteiger partial charge >= 0.3 is 0 Å². The number of thioether (sulfide) groups is 1. The molecule has 0 aliphatic carbocycles. The topological polar surface area (TPSA) is 67.9 Å². The van der Waals surface area contributed by atoms with E-state index in [1.807, 2.05) is 43.3 Å². The van der Waals surface area contributed by atoms with E-state index in [1.165, 1.54) is 5.56 Å². The van der Waals surface area contributed by atoms with Gasteiger partial charge in [-0.1, -0.05) is 59.8 Å².